The number of nitrogens with zero attached hydrogens (tertiary/aromatic N) is 3. The number of hydrogen-bond donors (Lipinski definition) is 3. The highest BCUT2D eigenvalue weighted by Crippen LogP contribution is 2.30. The molecule has 0 aliphatic rings. The zero-order valence-corrected chi connectivity index (χ0v) is 16.4. The Kier molecular flexibility index (Phi) is 6.28. The van der Waals surface area contributed by atoms with E-state index >= 15 is 0 Å². The van der Waals surface area contributed by atoms with Crippen molar-refractivity contribution in [2.45, 2.75) is 31.8 Å². The summed E-state index contributed by atoms with van der Waals surface area (Å²) in [6.45, 7) is 1.83. The summed E-state index contributed by atoms with van der Waals surface area (Å²) in [5.74, 6) is 0.0665. The number of hydrogen-bond acceptors (Lipinski definition) is 5. The Labute approximate surface area is 168 Å². The fraction of sp³-hybridized carbons (Fsp3) is 0.350. The number of aromatic nitrogens is 3. The summed E-state index contributed by atoms with van der Waals surface area (Å²) in [4.78, 5) is 21.4. The van der Waals surface area contributed by atoms with Gasteiger partial charge in [-0.25, -0.2) is 9.97 Å². The first-order valence-electron chi connectivity index (χ1n) is 9.17. The standard InChI is InChI=1S/C20H23ClN4O3/c1-2-7-20(28,8-11-26)13-24-18(27)14-12-25(19-22-9-4-10-23-19)16-6-3-5-15(21)17(14)16/h3-6,9-10,12,26,28H,2,7-8,11,13H2,1H3,(H,24,27). The van der Waals surface area contributed by atoms with Gasteiger partial charge in [0.15, 0.2) is 0 Å². The van der Waals surface area contributed by atoms with Crippen LogP contribution >= 0.6 is 11.6 Å². The number of benzene rings is 1. The van der Waals surface area contributed by atoms with E-state index < -0.39 is 5.60 Å². The number of halogens is 1. The molecule has 1 aromatic carbocycles. The zero-order chi connectivity index (χ0) is 20.1. The van der Waals surface area contributed by atoms with Crippen LogP contribution in [-0.2, 0) is 0 Å². The van der Waals surface area contributed by atoms with Gasteiger partial charge in [-0.05, 0) is 24.6 Å². The fourth-order valence-corrected chi connectivity index (χ4v) is 3.58. The van der Waals surface area contributed by atoms with Crippen molar-refractivity contribution in [3.63, 3.8) is 0 Å². The van der Waals surface area contributed by atoms with E-state index in [4.69, 9.17) is 11.6 Å². The van der Waals surface area contributed by atoms with Gasteiger partial charge in [-0.3, -0.25) is 9.36 Å². The Bertz CT molecular complexity index is 953. The molecule has 2 aromatic heterocycles. The zero-order valence-electron chi connectivity index (χ0n) is 15.6. The van der Waals surface area contributed by atoms with Crippen LogP contribution in [0.1, 0.15) is 36.5 Å². The van der Waals surface area contributed by atoms with Crippen molar-refractivity contribution in [2.75, 3.05) is 13.2 Å². The SMILES string of the molecule is CCCC(O)(CCO)CNC(=O)c1cn(-c2ncccn2)c2cccc(Cl)c12. The molecule has 2 heterocycles. The minimum absolute atomic E-state index is 0.0409. The van der Waals surface area contributed by atoms with Gasteiger partial charge >= 0.3 is 0 Å². The van der Waals surface area contributed by atoms with Crippen molar-refractivity contribution in [3.8, 4) is 5.95 Å². The van der Waals surface area contributed by atoms with Gasteiger partial charge in [-0.2, -0.15) is 0 Å². The van der Waals surface area contributed by atoms with E-state index in [0.29, 0.717) is 33.9 Å². The topological polar surface area (TPSA) is 100 Å². The maximum atomic E-state index is 12.9. The Morgan fingerprint density at radius 3 is 2.68 bits per heavy atom. The van der Waals surface area contributed by atoms with Gasteiger partial charge in [0.2, 0.25) is 5.95 Å². The molecule has 0 saturated carbocycles. The molecule has 7 nitrogen and oxygen atoms in total. The summed E-state index contributed by atoms with van der Waals surface area (Å²) in [6.07, 6.45) is 6.31. The van der Waals surface area contributed by atoms with Gasteiger partial charge in [-0.1, -0.05) is 31.0 Å². The van der Waals surface area contributed by atoms with Crippen LogP contribution in [0.15, 0.2) is 42.9 Å². The summed E-state index contributed by atoms with van der Waals surface area (Å²) in [7, 11) is 0. The van der Waals surface area contributed by atoms with E-state index in [1.165, 1.54) is 0 Å². The van der Waals surface area contributed by atoms with Crippen LogP contribution in [0.25, 0.3) is 16.9 Å². The monoisotopic (exact) mass is 402 g/mol. The molecule has 0 spiro atoms. The van der Waals surface area contributed by atoms with Gasteiger partial charge in [0, 0.05) is 43.5 Å². The molecule has 3 rings (SSSR count). The third kappa shape index (κ3) is 4.16. The van der Waals surface area contributed by atoms with Crippen molar-refractivity contribution >= 4 is 28.4 Å². The number of nitrogens with one attached hydrogen (secondary N) is 1. The fourth-order valence-electron chi connectivity index (χ4n) is 3.31. The normalized spacial score (nSPS) is 13.4. The number of fused-ring (bicyclic) bond motifs is 1. The van der Waals surface area contributed by atoms with Crippen LogP contribution in [0.4, 0.5) is 0 Å². The molecule has 8 heteroatoms. The van der Waals surface area contributed by atoms with Crippen molar-refractivity contribution < 1.29 is 15.0 Å². The Morgan fingerprint density at radius 1 is 1.25 bits per heavy atom. The first kappa shape index (κ1) is 20.3. The van der Waals surface area contributed by atoms with Crippen LogP contribution in [-0.4, -0.2) is 49.4 Å². The van der Waals surface area contributed by atoms with Gasteiger partial charge in [-0.15, -0.1) is 0 Å². The number of amides is 1. The first-order chi connectivity index (χ1) is 13.5. The quantitative estimate of drug-likeness (QED) is 0.538. The molecule has 0 bridgehead atoms. The number of rotatable bonds is 8. The molecule has 1 atom stereocenters. The number of carbonyl (C=O) groups excluding carboxylic acids is 1. The Balaban J connectivity index is 1.95. The molecule has 0 aliphatic heterocycles. The molecule has 1 unspecified atom stereocenters. The molecule has 0 aliphatic carbocycles. The van der Waals surface area contributed by atoms with Crippen LogP contribution in [0, 0.1) is 0 Å². The molecule has 3 N–H and O–H groups in total. The van der Waals surface area contributed by atoms with Crippen LogP contribution < -0.4 is 5.32 Å². The highest BCUT2D eigenvalue weighted by molar-refractivity contribution is 6.37. The molecule has 0 radical (unpaired) electrons. The molecule has 28 heavy (non-hydrogen) atoms. The third-order valence-electron chi connectivity index (χ3n) is 4.66. The second-order valence-electron chi connectivity index (χ2n) is 6.73. The first-order valence-corrected chi connectivity index (χ1v) is 9.55. The minimum Gasteiger partial charge on any atom is -0.396 e. The van der Waals surface area contributed by atoms with Crippen molar-refractivity contribution in [2.24, 2.45) is 0 Å². The van der Waals surface area contributed by atoms with Crippen molar-refractivity contribution in [3.05, 3.63) is 53.4 Å². The summed E-state index contributed by atoms with van der Waals surface area (Å²) in [5.41, 5.74) is -0.0666. The Hall–Kier alpha value is -2.48. The summed E-state index contributed by atoms with van der Waals surface area (Å²) >= 11 is 6.38. The van der Waals surface area contributed by atoms with Crippen LogP contribution in [0.2, 0.25) is 5.02 Å². The summed E-state index contributed by atoms with van der Waals surface area (Å²) in [5, 5.41) is 23.7. The lowest BCUT2D eigenvalue weighted by Gasteiger charge is -2.27. The van der Waals surface area contributed by atoms with E-state index in [1.54, 1.807) is 41.4 Å². The average molecular weight is 403 g/mol. The molecular weight excluding hydrogens is 380 g/mol. The smallest absolute Gasteiger partial charge is 0.253 e. The summed E-state index contributed by atoms with van der Waals surface area (Å²) in [6, 6.07) is 7.07. The van der Waals surface area contributed by atoms with E-state index in [1.807, 2.05) is 13.0 Å². The van der Waals surface area contributed by atoms with E-state index in [9.17, 15) is 15.0 Å². The molecule has 0 saturated heterocycles. The predicted octanol–water partition coefficient (Wildman–Crippen LogP) is 2.72. The molecule has 0 fully saturated rings. The lowest BCUT2D eigenvalue weighted by atomic mass is 9.94. The van der Waals surface area contributed by atoms with Gasteiger partial charge < -0.3 is 15.5 Å². The predicted molar refractivity (Wildman–Crippen MR) is 108 cm³/mol. The van der Waals surface area contributed by atoms with Gasteiger partial charge in [0.05, 0.1) is 21.7 Å². The highest BCUT2D eigenvalue weighted by atomic mass is 35.5. The molecular formula is C20H23ClN4O3. The number of aliphatic hydroxyl groups is 2. The van der Waals surface area contributed by atoms with Crippen LogP contribution in [0.3, 0.4) is 0 Å². The lowest BCUT2D eigenvalue weighted by Crippen LogP contribution is -2.43. The number of aliphatic hydroxyl groups excluding tert-OH is 1. The minimum atomic E-state index is -1.15. The summed E-state index contributed by atoms with van der Waals surface area (Å²) < 4.78 is 1.71. The van der Waals surface area contributed by atoms with E-state index in [-0.39, 0.29) is 25.5 Å². The average Bonchev–Trinajstić information content (AvgIpc) is 3.08. The molecule has 3 aromatic rings. The number of carbonyl (C=O) groups is 1. The maximum Gasteiger partial charge on any atom is 0.253 e. The second-order valence-corrected chi connectivity index (χ2v) is 7.13. The third-order valence-corrected chi connectivity index (χ3v) is 4.98. The maximum absolute atomic E-state index is 12.9. The Morgan fingerprint density at radius 2 is 2.00 bits per heavy atom. The molecule has 148 valence electrons. The lowest BCUT2D eigenvalue weighted by molar-refractivity contribution is 0.00808. The van der Waals surface area contributed by atoms with E-state index in [2.05, 4.69) is 15.3 Å². The van der Waals surface area contributed by atoms with E-state index in [0.717, 1.165) is 6.42 Å². The highest BCUT2D eigenvalue weighted by Gasteiger charge is 2.27. The van der Waals surface area contributed by atoms with Crippen molar-refractivity contribution in [1.29, 1.82) is 0 Å². The largest absolute Gasteiger partial charge is 0.396 e. The van der Waals surface area contributed by atoms with Crippen LogP contribution in [0.5, 0.6) is 0 Å². The van der Waals surface area contributed by atoms with Crippen molar-refractivity contribution in [1.82, 2.24) is 19.9 Å². The van der Waals surface area contributed by atoms with Gasteiger partial charge in [0.1, 0.15) is 0 Å². The second kappa shape index (κ2) is 8.68. The van der Waals surface area contributed by atoms with Gasteiger partial charge in [0.25, 0.3) is 5.91 Å². The molecule has 1 amide bonds.